The standard InChI is InChI=1S/C17H19N3O2S/c1-12(15(21)20-17(11-18)9-5-2-6-10-17)23-16-19-13-7-3-4-8-14(13)22-16/h3-4,7-8,12H,2,5-6,9-10H2,1H3,(H,20,21). The number of aromatic nitrogens is 1. The van der Waals surface area contributed by atoms with E-state index in [1.807, 2.05) is 31.2 Å². The number of carbonyl (C=O) groups excluding carboxylic acids is 1. The Morgan fingerprint density at radius 2 is 2.13 bits per heavy atom. The van der Waals surface area contributed by atoms with Crippen LogP contribution in [-0.4, -0.2) is 21.7 Å². The molecule has 1 aromatic heterocycles. The number of fused-ring (bicyclic) bond motifs is 1. The predicted octanol–water partition coefficient (Wildman–Crippen LogP) is 3.65. The van der Waals surface area contributed by atoms with Crippen LogP contribution in [0.1, 0.15) is 39.0 Å². The molecule has 1 atom stereocenters. The van der Waals surface area contributed by atoms with E-state index in [1.54, 1.807) is 0 Å². The number of hydrogen-bond acceptors (Lipinski definition) is 5. The number of para-hydroxylation sites is 2. The summed E-state index contributed by atoms with van der Waals surface area (Å²) in [6.45, 7) is 1.81. The second-order valence-electron chi connectivity index (χ2n) is 5.95. The number of amides is 1. The summed E-state index contributed by atoms with van der Waals surface area (Å²) in [6.07, 6.45) is 4.57. The fourth-order valence-corrected chi connectivity index (χ4v) is 3.62. The fourth-order valence-electron chi connectivity index (χ4n) is 2.86. The van der Waals surface area contributed by atoms with Crippen molar-refractivity contribution in [1.29, 1.82) is 5.26 Å². The van der Waals surface area contributed by atoms with Gasteiger partial charge >= 0.3 is 0 Å². The largest absolute Gasteiger partial charge is 0.431 e. The van der Waals surface area contributed by atoms with E-state index in [4.69, 9.17) is 4.42 Å². The maximum absolute atomic E-state index is 12.4. The Balaban J connectivity index is 1.66. The summed E-state index contributed by atoms with van der Waals surface area (Å²) in [5, 5.41) is 12.5. The Labute approximate surface area is 139 Å². The van der Waals surface area contributed by atoms with E-state index in [-0.39, 0.29) is 11.2 Å². The summed E-state index contributed by atoms with van der Waals surface area (Å²) in [5.41, 5.74) is 0.789. The number of nitrogens with zero attached hydrogens (tertiary/aromatic N) is 2. The zero-order chi connectivity index (χ0) is 16.3. The molecule has 120 valence electrons. The summed E-state index contributed by atoms with van der Waals surface area (Å²) in [4.78, 5) is 16.8. The molecule has 0 saturated heterocycles. The molecule has 0 spiro atoms. The van der Waals surface area contributed by atoms with Gasteiger partial charge in [-0.25, -0.2) is 4.98 Å². The molecule has 0 bridgehead atoms. The lowest BCUT2D eigenvalue weighted by molar-refractivity contribution is -0.122. The van der Waals surface area contributed by atoms with Crippen LogP contribution in [0.25, 0.3) is 11.1 Å². The monoisotopic (exact) mass is 329 g/mol. The zero-order valence-electron chi connectivity index (χ0n) is 13.0. The van der Waals surface area contributed by atoms with Gasteiger partial charge in [0.1, 0.15) is 11.1 Å². The summed E-state index contributed by atoms with van der Waals surface area (Å²) in [6, 6.07) is 9.82. The molecule has 0 radical (unpaired) electrons. The number of oxazole rings is 1. The van der Waals surface area contributed by atoms with Gasteiger partial charge in [-0.2, -0.15) is 5.26 Å². The maximum atomic E-state index is 12.4. The van der Waals surface area contributed by atoms with Gasteiger partial charge in [0.25, 0.3) is 5.22 Å². The average Bonchev–Trinajstić information content (AvgIpc) is 2.97. The van der Waals surface area contributed by atoms with Crippen molar-refractivity contribution in [2.75, 3.05) is 0 Å². The van der Waals surface area contributed by atoms with Gasteiger partial charge < -0.3 is 9.73 Å². The van der Waals surface area contributed by atoms with Gasteiger partial charge in [0.15, 0.2) is 5.58 Å². The van der Waals surface area contributed by atoms with Crippen LogP contribution in [0.2, 0.25) is 0 Å². The third-order valence-corrected chi connectivity index (χ3v) is 5.15. The Morgan fingerprint density at radius 1 is 1.39 bits per heavy atom. The minimum atomic E-state index is -0.703. The highest BCUT2D eigenvalue weighted by Gasteiger charge is 2.35. The van der Waals surface area contributed by atoms with Crippen LogP contribution in [0.3, 0.4) is 0 Å². The first-order valence-electron chi connectivity index (χ1n) is 7.87. The molecule has 1 N–H and O–H groups in total. The van der Waals surface area contributed by atoms with Gasteiger partial charge in [0.2, 0.25) is 5.91 Å². The number of nitriles is 1. The predicted molar refractivity (Wildman–Crippen MR) is 88.9 cm³/mol. The third kappa shape index (κ3) is 3.50. The highest BCUT2D eigenvalue weighted by molar-refractivity contribution is 8.00. The lowest BCUT2D eigenvalue weighted by Crippen LogP contribution is -2.50. The topological polar surface area (TPSA) is 78.9 Å². The second-order valence-corrected chi connectivity index (χ2v) is 7.24. The van der Waals surface area contributed by atoms with Crippen LogP contribution in [0, 0.1) is 11.3 Å². The minimum Gasteiger partial charge on any atom is -0.431 e. The Kier molecular flexibility index (Phi) is 4.58. The van der Waals surface area contributed by atoms with Crippen molar-refractivity contribution >= 4 is 28.8 Å². The van der Waals surface area contributed by atoms with Gasteiger partial charge in [0, 0.05) is 0 Å². The number of hydrogen-bond donors (Lipinski definition) is 1. The fraction of sp³-hybridized carbons (Fsp3) is 0.471. The molecule has 1 heterocycles. The quantitative estimate of drug-likeness (QED) is 0.866. The first-order valence-corrected chi connectivity index (χ1v) is 8.75. The van der Waals surface area contributed by atoms with E-state index in [2.05, 4.69) is 16.4 Å². The number of nitrogens with one attached hydrogen (secondary N) is 1. The normalized spacial score (nSPS) is 18.3. The molecule has 1 aromatic carbocycles. The average molecular weight is 329 g/mol. The van der Waals surface area contributed by atoms with Crippen molar-refractivity contribution in [3.05, 3.63) is 24.3 Å². The van der Waals surface area contributed by atoms with Gasteiger partial charge in [0.05, 0.1) is 11.3 Å². The van der Waals surface area contributed by atoms with Gasteiger partial charge in [-0.3, -0.25) is 4.79 Å². The molecule has 1 aliphatic rings. The van der Waals surface area contributed by atoms with Crippen LogP contribution < -0.4 is 5.32 Å². The maximum Gasteiger partial charge on any atom is 0.257 e. The van der Waals surface area contributed by atoms with E-state index < -0.39 is 5.54 Å². The van der Waals surface area contributed by atoms with E-state index in [9.17, 15) is 10.1 Å². The van der Waals surface area contributed by atoms with Crippen LogP contribution in [0.4, 0.5) is 0 Å². The lowest BCUT2D eigenvalue weighted by Gasteiger charge is -2.32. The molecule has 5 nitrogen and oxygen atoms in total. The smallest absolute Gasteiger partial charge is 0.257 e. The first-order chi connectivity index (χ1) is 11.1. The van der Waals surface area contributed by atoms with Crippen LogP contribution in [0.15, 0.2) is 33.9 Å². The Morgan fingerprint density at radius 3 is 2.83 bits per heavy atom. The molecule has 1 aliphatic carbocycles. The van der Waals surface area contributed by atoms with E-state index in [0.717, 1.165) is 37.6 Å². The molecule has 2 aromatic rings. The highest BCUT2D eigenvalue weighted by Crippen LogP contribution is 2.30. The van der Waals surface area contributed by atoms with E-state index in [0.29, 0.717) is 10.8 Å². The van der Waals surface area contributed by atoms with Crippen LogP contribution in [0.5, 0.6) is 0 Å². The van der Waals surface area contributed by atoms with Crippen LogP contribution in [-0.2, 0) is 4.79 Å². The molecule has 1 amide bonds. The SMILES string of the molecule is CC(Sc1nc2ccccc2o1)C(=O)NC1(C#N)CCCCC1. The summed E-state index contributed by atoms with van der Waals surface area (Å²) >= 11 is 1.28. The van der Waals surface area contributed by atoms with Crippen molar-refractivity contribution in [3.8, 4) is 6.07 Å². The minimum absolute atomic E-state index is 0.138. The Hall–Kier alpha value is -2.00. The van der Waals surface area contributed by atoms with Crippen molar-refractivity contribution < 1.29 is 9.21 Å². The molecule has 1 saturated carbocycles. The molecule has 1 unspecified atom stereocenters. The van der Waals surface area contributed by atoms with Crippen LogP contribution >= 0.6 is 11.8 Å². The number of carbonyl (C=O) groups is 1. The lowest BCUT2D eigenvalue weighted by atomic mass is 9.83. The number of benzene rings is 1. The number of rotatable bonds is 4. The van der Waals surface area contributed by atoms with E-state index in [1.165, 1.54) is 11.8 Å². The molecule has 0 aliphatic heterocycles. The Bertz CT molecular complexity index is 711. The van der Waals surface area contributed by atoms with Gasteiger partial charge in [-0.15, -0.1) is 0 Å². The molecule has 23 heavy (non-hydrogen) atoms. The molecule has 3 rings (SSSR count). The highest BCUT2D eigenvalue weighted by atomic mass is 32.2. The van der Waals surface area contributed by atoms with Gasteiger partial charge in [-0.05, 0) is 31.9 Å². The van der Waals surface area contributed by atoms with Crippen molar-refractivity contribution in [2.45, 2.75) is 55.0 Å². The summed E-state index contributed by atoms with van der Waals surface area (Å²) < 4.78 is 5.64. The third-order valence-electron chi connectivity index (χ3n) is 4.20. The summed E-state index contributed by atoms with van der Waals surface area (Å²) in [5.74, 6) is -0.138. The van der Waals surface area contributed by atoms with Gasteiger partial charge in [-0.1, -0.05) is 43.2 Å². The first kappa shape index (κ1) is 15.9. The molecular weight excluding hydrogens is 310 g/mol. The number of thioether (sulfide) groups is 1. The molecular formula is C17H19N3O2S. The molecule has 6 heteroatoms. The zero-order valence-corrected chi connectivity index (χ0v) is 13.9. The van der Waals surface area contributed by atoms with E-state index >= 15 is 0 Å². The summed E-state index contributed by atoms with van der Waals surface area (Å²) in [7, 11) is 0. The van der Waals surface area contributed by atoms with Crippen molar-refractivity contribution in [2.24, 2.45) is 0 Å². The van der Waals surface area contributed by atoms with Crippen molar-refractivity contribution in [3.63, 3.8) is 0 Å². The molecule has 1 fully saturated rings. The van der Waals surface area contributed by atoms with Crippen molar-refractivity contribution in [1.82, 2.24) is 10.3 Å². The second kappa shape index (κ2) is 6.63.